The summed E-state index contributed by atoms with van der Waals surface area (Å²) < 4.78 is 0. The van der Waals surface area contributed by atoms with Crippen molar-refractivity contribution in [1.29, 1.82) is 0 Å². The van der Waals surface area contributed by atoms with Crippen LogP contribution in [0.3, 0.4) is 0 Å². The van der Waals surface area contributed by atoms with E-state index in [4.69, 9.17) is 10.7 Å². The number of hydrogen-bond donors (Lipinski definition) is 3. The molecule has 1 aliphatic heterocycles. The maximum atomic E-state index is 11.5. The van der Waals surface area contributed by atoms with Crippen LogP contribution in [0, 0.1) is 11.8 Å². The summed E-state index contributed by atoms with van der Waals surface area (Å²) in [5.74, 6) is 2.57. The Labute approximate surface area is 187 Å². The van der Waals surface area contributed by atoms with Gasteiger partial charge < -0.3 is 21.3 Å². The normalized spacial score (nSPS) is 18.7. The van der Waals surface area contributed by atoms with Gasteiger partial charge in [-0.1, -0.05) is 38.2 Å². The first kappa shape index (κ1) is 23.4. The molecular weight excluding hydrogens is 388 g/mol. The van der Waals surface area contributed by atoms with E-state index in [2.05, 4.69) is 33.5 Å². The number of nitrogens with one attached hydrogen (secondary N) is 2. The lowest BCUT2D eigenvalue weighted by Gasteiger charge is -2.32. The molecule has 1 aromatic heterocycles. The molecule has 3 rings (SSSR count). The summed E-state index contributed by atoms with van der Waals surface area (Å²) in [6.45, 7) is 6.09. The Bertz CT molecular complexity index is 708. The van der Waals surface area contributed by atoms with E-state index in [1.807, 2.05) is 12.3 Å². The second kappa shape index (κ2) is 12.5. The van der Waals surface area contributed by atoms with Crippen molar-refractivity contribution in [3.8, 4) is 0 Å². The first-order valence-corrected chi connectivity index (χ1v) is 12.2. The van der Waals surface area contributed by atoms with Gasteiger partial charge in [-0.15, -0.1) is 0 Å². The monoisotopic (exact) mass is 428 g/mol. The van der Waals surface area contributed by atoms with E-state index >= 15 is 0 Å². The number of hydrogen-bond acceptors (Lipinski definition) is 4. The number of guanidine groups is 1. The van der Waals surface area contributed by atoms with Gasteiger partial charge in [0.15, 0.2) is 5.96 Å². The molecule has 172 valence electrons. The number of carbonyl (C=O) groups is 1. The van der Waals surface area contributed by atoms with Gasteiger partial charge in [-0.3, -0.25) is 4.79 Å². The molecule has 2 heterocycles. The van der Waals surface area contributed by atoms with Gasteiger partial charge in [-0.25, -0.2) is 9.98 Å². The van der Waals surface area contributed by atoms with E-state index in [-0.39, 0.29) is 11.8 Å². The quantitative estimate of drug-likeness (QED) is 0.319. The molecule has 1 saturated carbocycles. The van der Waals surface area contributed by atoms with Crippen molar-refractivity contribution >= 4 is 17.7 Å². The van der Waals surface area contributed by atoms with E-state index in [9.17, 15) is 4.79 Å². The largest absolute Gasteiger partial charge is 0.369 e. The Hall–Kier alpha value is -2.31. The highest BCUT2D eigenvalue weighted by molar-refractivity contribution is 5.79. The molecule has 1 saturated heterocycles. The van der Waals surface area contributed by atoms with Crippen LogP contribution in [0.1, 0.15) is 70.3 Å². The van der Waals surface area contributed by atoms with Crippen LogP contribution in [0.4, 0.5) is 5.82 Å². The molecule has 0 radical (unpaired) electrons. The Morgan fingerprint density at radius 3 is 2.68 bits per heavy atom. The smallest absolute Gasteiger partial charge is 0.220 e. The minimum Gasteiger partial charge on any atom is -0.369 e. The Kier molecular flexibility index (Phi) is 9.43. The van der Waals surface area contributed by atoms with E-state index < -0.39 is 0 Å². The predicted molar refractivity (Wildman–Crippen MR) is 127 cm³/mol. The van der Waals surface area contributed by atoms with Gasteiger partial charge in [0, 0.05) is 43.9 Å². The van der Waals surface area contributed by atoms with Crippen LogP contribution in [0.5, 0.6) is 0 Å². The number of pyridine rings is 1. The van der Waals surface area contributed by atoms with Crippen LogP contribution in [0.15, 0.2) is 23.3 Å². The van der Waals surface area contributed by atoms with E-state index in [1.165, 1.54) is 44.9 Å². The van der Waals surface area contributed by atoms with Crippen molar-refractivity contribution < 1.29 is 4.79 Å². The molecule has 0 spiro atoms. The predicted octanol–water partition coefficient (Wildman–Crippen LogP) is 3.20. The van der Waals surface area contributed by atoms with E-state index in [0.29, 0.717) is 6.54 Å². The standard InChI is InChI=1S/C24H40N6O/c1-2-26-24(28-15-6-10-19-8-4-3-5-9-19)29-18-21-11-7-14-27-23(21)30-16-12-20(13-17-30)22(25)31/h7,11,14,19-20H,2-6,8-10,12-13,15-18H2,1H3,(H2,25,31)(H2,26,28,29). The summed E-state index contributed by atoms with van der Waals surface area (Å²) in [5.41, 5.74) is 6.59. The van der Waals surface area contributed by atoms with Gasteiger partial charge >= 0.3 is 0 Å². The van der Waals surface area contributed by atoms with Crippen molar-refractivity contribution in [2.24, 2.45) is 22.6 Å². The molecular formula is C24H40N6O. The lowest BCUT2D eigenvalue weighted by molar-refractivity contribution is -0.122. The average molecular weight is 429 g/mol. The first-order valence-electron chi connectivity index (χ1n) is 12.2. The van der Waals surface area contributed by atoms with Crippen LogP contribution in [-0.2, 0) is 11.3 Å². The number of carbonyl (C=O) groups excluding carboxylic acids is 1. The zero-order chi connectivity index (χ0) is 21.9. The zero-order valence-electron chi connectivity index (χ0n) is 19.1. The van der Waals surface area contributed by atoms with Gasteiger partial charge in [0.25, 0.3) is 0 Å². The van der Waals surface area contributed by atoms with Crippen molar-refractivity contribution in [3.05, 3.63) is 23.9 Å². The van der Waals surface area contributed by atoms with Gasteiger partial charge in [-0.05, 0) is 44.6 Å². The van der Waals surface area contributed by atoms with Crippen LogP contribution < -0.4 is 21.3 Å². The Morgan fingerprint density at radius 1 is 1.19 bits per heavy atom. The number of nitrogens with zero attached hydrogens (tertiary/aromatic N) is 3. The first-order chi connectivity index (χ1) is 15.2. The lowest BCUT2D eigenvalue weighted by atomic mass is 9.86. The number of nitrogens with two attached hydrogens (primary N) is 1. The van der Waals surface area contributed by atoms with Crippen molar-refractivity contribution in [2.45, 2.75) is 71.3 Å². The number of rotatable bonds is 9. The van der Waals surface area contributed by atoms with Crippen molar-refractivity contribution in [1.82, 2.24) is 15.6 Å². The maximum absolute atomic E-state index is 11.5. The topological polar surface area (TPSA) is 95.6 Å². The number of primary amides is 1. The van der Waals surface area contributed by atoms with Crippen LogP contribution in [-0.4, -0.2) is 43.0 Å². The summed E-state index contributed by atoms with van der Waals surface area (Å²) in [5, 5.41) is 6.86. The van der Waals surface area contributed by atoms with E-state index in [1.54, 1.807) is 0 Å². The number of amides is 1. The summed E-state index contributed by atoms with van der Waals surface area (Å²) in [6, 6.07) is 4.06. The van der Waals surface area contributed by atoms with Crippen molar-refractivity contribution in [3.63, 3.8) is 0 Å². The van der Waals surface area contributed by atoms with Crippen LogP contribution in [0.2, 0.25) is 0 Å². The van der Waals surface area contributed by atoms with E-state index in [0.717, 1.165) is 62.3 Å². The maximum Gasteiger partial charge on any atom is 0.220 e. The molecule has 0 bridgehead atoms. The van der Waals surface area contributed by atoms with Gasteiger partial charge in [0.1, 0.15) is 5.82 Å². The molecule has 7 heteroatoms. The molecule has 7 nitrogen and oxygen atoms in total. The fourth-order valence-electron chi connectivity index (χ4n) is 4.79. The molecule has 4 N–H and O–H groups in total. The number of piperidine rings is 1. The zero-order valence-corrected chi connectivity index (χ0v) is 19.1. The molecule has 2 fully saturated rings. The number of anilines is 1. The highest BCUT2D eigenvalue weighted by Gasteiger charge is 2.24. The molecule has 2 aliphatic rings. The van der Waals surface area contributed by atoms with Crippen molar-refractivity contribution in [2.75, 3.05) is 31.1 Å². The number of aliphatic imine (C=N–C) groups is 1. The molecule has 0 unspecified atom stereocenters. The van der Waals surface area contributed by atoms with Crippen LogP contribution >= 0.6 is 0 Å². The highest BCUT2D eigenvalue weighted by atomic mass is 16.1. The third-order valence-electron chi connectivity index (χ3n) is 6.62. The second-order valence-corrected chi connectivity index (χ2v) is 8.92. The van der Waals surface area contributed by atoms with Gasteiger partial charge in [-0.2, -0.15) is 0 Å². The minimum absolute atomic E-state index is 0.0143. The summed E-state index contributed by atoms with van der Waals surface area (Å²) >= 11 is 0. The molecule has 0 atom stereocenters. The molecule has 1 aromatic rings. The second-order valence-electron chi connectivity index (χ2n) is 8.92. The molecule has 0 aromatic carbocycles. The van der Waals surface area contributed by atoms with Crippen LogP contribution in [0.25, 0.3) is 0 Å². The lowest BCUT2D eigenvalue weighted by Crippen LogP contribution is -2.39. The molecule has 1 aliphatic carbocycles. The SMILES string of the molecule is CCNC(=NCc1cccnc1N1CCC(C(N)=O)CC1)NCCCC1CCCCC1. The van der Waals surface area contributed by atoms with Gasteiger partial charge in [0.2, 0.25) is 5.91 Å². The third-order valence-corrected chi connectivity index (χ3v) is 6.62. The fraction of sp³-hybridized carbons (Fsp3) is 0.708. The Balaban J connectivity index is 1.52. The fourth-order valence-corrected chi connectivity index (χ4v) is 4.79. The summed E-state index contributed by atoms with van der Waals surface area (Å²) in [4.78, 5) is 23.2. The summed E-state index contributed by atoms with van der Waals surface area (Å²) in [6.07, 6.45) is 13.0. The highest BCUT2D eigenvalue weighted by Crippen LogP contribution is 2.27. The van der Waals surface area contributed by atoms with Gasteiger partial charge in [0.05, 0.1) is 6.54 Å². The number of aromatic nitrogens is 1. The Morgan fingerprint density at radius 2 is 1.97 bits per heavy atom. The molecule has 31 heavy (non-hydrogen) atoms. The average Bonchev–Trinajstić information content (AvgIpc) is 2.81. The minimum atomic E-state index is -0.185. The summed E-state index contributed by atoms with van der Waals surface area (Å²) in [7, 11) is 0. The molecule has 1 amide bonds. The third kappa shape index (κ3) is 7.40.